The molecule has 3 aromatic carbocycles. The van der Waals surface area contributed by atoms with Crippen LogP contribution in [0.3, 0.4) is 0 Å². The van der Waals surface area contributed by atoms with Crippen molar-refractivity contribution in [2.24, 2.45) is 0 Å². The zero-order chi connectivity index (χ0) is 29.0. The fourth-order valence-corrected chi connectivity index (χ4v) is 6.29. The summed E-state index contributed by atoms with van der Waals surface area (Å²) in [4.78, 5) is 19.5. The predicted molar refractivity (Wildman–Crippen MR) is 177 cm³/mol. The monoisotopic (exact) mass is 564 g/mol. The van der Waals surface area contributed by atoms with Gasteiger partial charge in [0.25, 0.3) is 0 Å². The van der Waals surface area contributed by atoms with Gasteiger partial charge in [-0.1, -0.05) is 72.8 Å². The molecule has 0 radical (unpaired) electrons. The molecule has 6 heterocycles. The van der Waals surface area contributed by atoms with E-state index in [9.17, 15) is 0 Å². The summed E-state index contributed by atoms with van der Waals surface area (Å²) in [5.74, 6) is 1.72. The van der Waals surface area contributed by atoms with Crippen molar-refractivity contribution in [2.75, 3.05) is 0 Å². The number of pyridine rings is 4. The average Bonchev–Trinajstić information content (AvgIpc) is 3.62. The van der Waals surface area contributed by atoms with Crippen LogP contribution in [0.15, 0.2) is 146 Å². The molecule has 0 saturated heterocycles. The summed E-state index contributed by atoms with van der Waals surface area (Å²) < 4.78 is 4.38. The number of para-hydroxylation sites is 2. The van der Waals surface area contributed by atoms with Gasteiger partial charge in [0.15, 0.2) is 0 Å². The molecule has 6 heteroatoms. The summed E-state index contributed by atoms with van der Waals surface area (Å²) >= 11 is 0. The van der Waals surface area contributed by atoms with Gasteiger partial charge in [0, 0.05) is 34.3 Å². The van der Waals surface area contributed by atoms with Crippen molar-refractivity contribution in [3.63, 3.8) is 0 Å². The molecule has 9 aromatic rings. The van der Waals surface area contributed by atoms with E-state index in [0.717, 1.165) is 78.0 Å². The van der Waals surface area contributed by atoms with Crippen LogP contribution < -0.4 is 0 Å². The van der Waals surface area contributed by atoms with Crippen LogP contribution >= 0.6 is 0 Å². The largest absolute Gasteiger partial charge is 0.292 e. The third kappa shape index (κ3) is 3.75. The molecule has 6 nitrogen and oxygen atoms in total. The average molecular weight is 565 g/mol. The van der Waals surface area contributed by atoms with Crippen molar-refractivity contribution in [1.29, 1.82) is 0 Å². The molecule has 0 fully saturated rings. The van der Waals surface area contributed by atoms with Crippen LogP contribution in [0, 0.1) is 0 Å². The Bertz CT molecular complexity index is 2220. The molecule has 44 heavy (non-hydrogen) atoms. The van der Waals surface area contributed by atoms with E-state index in [1.54, 1.807) is 0 Å². The van der Waals surface area contributed by atoms with E-state index < -0.39 is 0 Å². The molecular formula is C38H24N6. The highest BCUT2D eigenvalue weighted by molar-refractivity contribution is 6.07. The van der Waals surface area contributed by atoms with Crippen LogP contribution in [-0.4, -0.2) is 29.1 Å². The lowest BCUT2D eigenvalue weighted by Crippen LogP contribution is -1.99. The third-order valence-corrected chi connectivity index (χ3v) is 8.26. The first-order chi connectivity index (χ1) is 21.8. The second-order valence-corrected chi connectivity index (χ2v) is 10.8. The van der Waals surface area contributed by atoms with Crippen LogP contribution in [0.25, 0.3) is 78.0 Å². The summed E-state index contributed by atoms with van der Waals surface area (Å²) in [5.41, 5.74) is 10.1. The summed E-state index contributed by atoms with van der Waals surface area (Å²) in [6, 6.07) is 45.7. The van der Waals surface area contributed by atoms with E-state index in [4.69, 9.17) is 9.97 Å². The molecule has 0 aliphatic carbocycles. The summed E-state index contributed by atoms with van der Waals surface area (Å²) in [6.45, 7) is 0. The fourth-order valence-electron chi connectivity index (χ4n) is 6.29. The van der Waals surface area contributed by atoms with E-state index in [1.165, 1.54) is 0 Å². The Labute approximate surface area is 252 Å². The molecule has 0 amide bonds. The minimum Gasteiger partial charge on any atom is -0.292 e. The van der Waals surface area contributed by atoms with Gasteiger partial charge >= 0.3 is 0 Å². The van der Waals surface area contributed by atoms with E-state index in [-0.39, 0.29) is 0 Å². The molecule has 9 rings (SSSR count). The Hall–Kier alpha value is -6.14. The lowest BCUT2D eigenvalue weighted by atomic mass is 10.1. The Morgan fingerprint density at radius 2 is 0.795 bits per heavy atom. The summed E-state index contributed by atoms with van der Waals surface area (Å²) in [7, 11) is 0. The first-order valence-corrected chi connectivity index (χ1v) is 14.6. The normalized spacial score (nSPS) is 11.6. The molecule has 0 saturated carbocycles. The predicted octanol–water partition coefficient (Wildman–Crippen LogP) is 8.79. The van der Waals surface area contributed by atoms with Crippen molar-refractivity contribution in [3.8, 4) is 34.2 Å². The molecule has 0 unspecified atom stereocenters. The van der Waals surface area contributed by atoms with E-state index >= 15 is 0 Å². The zero-order valence-corrected chi connectivity index (χ0v) is 23.5. The van der Waals surface area contributed by atoms with Gasteiger partial charge in [-0.2, -0.15) is 0 Å². The molecule has 0 spiro atoms. The lowest BCUT2D eigenvalue weighted by Gasteiger charge is -2.10. The van der Waals surface area contributed by atoms with Crippen molar-refractivity contribution >= 4 is 43.9 Å². The highest BCUT2D eigenvalue weighted by Gasteiger charge is 2.15. The molecule has 0 bridgehead atoms. The minimum absolute atomic E-state index is 0.862. The van der Waals surface area contributed by atoms with Gasteiger partial charge in [0.1, 0.15) is 11.6 Å². The second-order valence-electron chi connectivity index (χ2n) is 10.8. The van der Waals surface area contributed by atoms with Gasteiger partial charge in [-0.3, -0.25) is 19.1 Å². The van der Waals surface area contributed by atoms with Crippen LogP contribution in [0.2, 0.25) is 0 Å². The SMILES string of the molecule is c1cc(-c2ccc(-c3cccc(-n4c5ccccc5c5ncccc54)n3)cc2)nc(-n2c3ccccc3c3ncccc32)c1. The molecule has 206 valence electrons. The quantitative estimate of drug-likeness (QED) is 0.214. The molecule has 6 aromatic heterocycles. The van der Waals surface area contributed by atoms with Gasteiger partial charge in [0.2, 0.25) is 0 Å². The first kappa shape index (κ1) is 24.5. The van der Waals surface area contributed by atoms with Gasteiger partial charge in [-0.05, 0) is 60.7 Å². The molecule has 0 aliphatic rings. The minimum atomic E-state index is 0.862. The van der Waals surface area contributed by atoms with Crippen molar-refractivity contribution in [1.82, 2.24) is 29.1 Å². The second kappa shape index (κ2) is 9.71. The van der Waals surface area contributed by atoms with Crippen molar-refractivity contribution < 1.29 is 0 Å². The summed E-state index contributed by atoms with van der Waals surface area (Å²) in [5, 5.41) is 2.23. The fraction of sp³-hybridized carbons (Fsp3) is 0. The van der Waals surface area contributed by atoms with Crippen molar-refractivity contribution in [2.45, 2.75) is 0 Å². The van der Waals surface area contributed by atoms with Gasteiger partial charge in [0.05, 0.1) is 44.5 Å². The number of hydrogen-bond donors (Lipinski definition) is 0. The Morgan fingerprint density at radius 1 is 0.364 bits per heavy atom. The first-order valence-electron chi connectivity index (χ1n) is 14.6. The topological polar surface area (TPSA) is 61.4 Å². The van der Waals surface area contributed by atoms with Gasteiger partial charge in [-0.25, -0.2) is 9.97 Å². The number of fused-ring (bicyclic) bond motifs is 6. The number of rotatable bonds is 4. The maximum Gasteiger partial charge on any atom is 0.138 e. The number of hydrogen-bond acceptors (Lipinski definition) is 4. The number of benzene rings is 3. The van der Waals surface area contributed by atoms with Crippen molar-refractivity contribution in [3.05, 3.63) is 146 Å². The molecular weight excluding hydrogens is 540 g/mol. The van der Waals surface area contributed by atoms with Crippen LogP contribution in [0.5, 0.6) is 0 Å². The summed E-state index contributed by atoms with van der Waals surface area (Å²) in [6.07, 6.45) is 3.68. The highest BCUT2D eigenvalue weighted by Crippen LogP contribution is 2.33. The Morgan fingerprint density at radius 3 is 1.27 bits per heavy atom. The van der Waals surface area contributed by atoms with Crippen LogP contribution in [-0.2, 0) is 0 Å². The zero-order valence-electron chi connectivity index (χ0n) is 23.5. The van der Waals surface area contributed by atoms with Gasteiger partial charge in [-0.15, -0.1) is 0 Å². The standard InChI is InChI=1S/C38H24N6/c1-3-13-31-27(9-1)37-33(15-7-23-39-37)43(31)35-17-5-11-29(41-35)25-19-21-26(22-20-25)30-12-6-18-36(42-30)44-32-14-4-2-10-28(32)38-34(44)16-8-24-40-38/h1-24H. The Kier molecular flexibility index (Phi) is 5.40. The molecule has 0 atom stereocenters. The van der Waals surface area contributed by atoms with E-state index in [1.807, 2.05) is 24.5 Å². The van der Waals surface area contributed by atoms with Gasteiger partial charge < -0.3 is 0 Å². The number of nitrogens with zero attached hydrogens (tertiary/aromatic N) is 6. The smallest absolute Gasteiger partial charge is 0.138 e. The maximum absolute atomic E-state index is 5.10. The van der Waals surface area contributed by atoms with Crippen LogP contribution in [0.4, 0.5) is 0 Å². The van der Waals surface area contributed by atoms with Crippen LogP contribution in [0.1, 0.15) is 0 Å². The Balaban J connectivity index is 1.10. The molecule has 0 aliphatic heterocycles. The number of aromatic nitrogens is 6. The molecule has 0 N–H and O–H groups in total. The third-order valence-electron chi connectivity index (χ3n) is 8.26. The maximum atomic E-state index is 5.10. The van der Waals surface area contributed by atoms with E-state index in [0.29, 0.717) is 0 Å². The van der Waals surface area contributed by atoms with E-state index in [2.05, 4.69) is 140 Å². The lowest BCUT2D eigenvalue weighted by molar-refractivity contribution is 1.08. The highest BCUT2D eigenvalue weighted by atomic mass is 15.1.